The van der Waals surface area contributed by atoms with Crippen molar-refractivity contribution in [2.24, 2.45) is 0 Å². The lowest BCUT2D eigenvalue weighted by molar-refractivity contribution is 1.17. The largest absolute Gasteiger partial charge is 0.383 e. The van der Waals surface area contributed by atoms with E-state index in [2.05, 4.69) is 15.0 Å². The number of anilines is 1. The lowest BCUT2D eigenvalue weighted by atomic mass is 10.1. The van der Waals surface area contributed by atoms with Crippen LogP contribution in [0, 0.1) is 0 Å². The first kappa shape index (κ1) is 12.7. The first-order valence-electron chi connectivity index (χ1n) is 5.84. The van der Waals surface area contributed by atoms with Gasteiger partial charge >= 0.3 is 0 Å². The fourth-order valence-electron chi connectivity index (χ4n) is 1.53. The summed E-state index contributed by atoms with van der Waals surface area (Å²) in [6, 6.07) is 15.6. The second kappa shape index (κ2) is 6.86. The molecule has 0 aliphatic heterocycles. The van der Waals surface area contributed by atoms with E-state index in [1.807, 2.05) is 42.5 Å². The van der Waals surface area contributed by atoms with E-state index >= 15 is 0 Å². The van der Waals surface area contributed by atoms with Gasteiger partial charge in [0.15, 0.2) is 0 Å². The Labute approximate surface area is 112 Å². The molecular formula is C15H14N4. The van der Waals surface area contributed by atoms with E-state index < -0.39 is 0 Å². The average molecular weight is 250 g/mol. The van der Waals surface area contributed by atoms with Gasteiger partial charge in [0.2, 0.25) is 0 Å². The third kappa shape index (κ3) is 3.89. The van der Waals surface area contributed by atoms with Crippen molar-refractivity contribution in [3.05, 3.63) is 73.4 Å². The monoisotopic (exact) mass is 250 g/mol. The maximum atomic E-state index is 5.74. The van der Waals surface area contributed by atoms with Crippen molar-refractivity contribution >= 4 is 5.82 Å². The van der Waals surface area contributed by atoms with Gasteiger partial charge in [0.25, 0.3) is 0 Å². The standard InChI is InChI=1S/C11H10N2.C4H4N2/c12-11-10(7-4-8-13-11)9-5-2-1-3-6-9;1-2-5-4-6-3-1/h1-8H,(H2,12,13);1-4H. The summed E-state index contributed by atoms with van der Waals surface area (Å²) in [6.07, 6.45) is 6.57. The summed E-state index contributed by atoms with van der Waals surface area (Å²) in [4.78, 5) is 11.4. The number of rotatable bonds is 1. The molecule has 0 saturated carbocycles. The van der Waals surface area contributed by atoms with Gasteiger partial charge in [-0.25, -0.2) is 15.0 Å². The minimum atomic E-state index is 0.578. The number of benzene rings is 1. The highest BCUT2D eigenvalue weighted by molar-refractivity contribution is 5.73. The predicted octanol–water partition coefficient (Wildman–Crippen LogP) is 2.81. The Morgan fingerprint density at radius 2 is 1.47 bits per heavy atom. The molecule has 0 bridgehead atoms. The van der Waals surface area contributed by atoms with E-state index in [1.54, 1.807) is 24.7 Å². The maximum absolute atomic E-state index is 5.74. The number of nitrogens with two attached hydrogens (primary N) is 1. The summed E-state index contributed by atoms with van der Waals surface area (Å²) in [5.74, 6) is 0.578. The molecule has 0 unspecified atom stereocenters. The van der Waals surface area contributed by atoms with Crippen LogP contribution in [-0.2, 0) is 0 Å². The van der Waals surface area contributed by atoms with Crippen LogP contribution in [0.5, 0.6) is 0 Å². The quantitative estimate of drug-likeness (QED) is 0.721. The SMILES string of the molecule is Nc1ncccc1-c1ccccc1.c1cncnc1. The summed E-state index contributed by atoms with van der Waals surface area (Å²) in [7, 11) is 0. The molecule has 94 valence electrons. The molecule has 2 N–H and O–H groups in total. The normalized spacial score (nSPS) is 9.26. The third-order valence-electron chi connectivity index (χ3n) is 2.40. The second-order valence-corrected chi connectivity index (χ2v) is 3.71. The van der Waals surface area contributed by atoms with E-state index in [1.165, 1.54) is 6.33 Å². The Balaban J connectivity index is 0.000000186. The van der Waals surface area contributed by atoms with E-state index in [0.717, 1.165) is 11.1 Å². The number of hydrogen-bond donors (Lipinski definition) is 1. The Hall–Kier alpha value is -2.75. The molecule has 3 rings (SSSR count). The topological polar surface area (TPSA) is 64.7 Å². The van der Waals surface area contributed by atoms with Gasteiger partial charge in [-0.1, -0.05) is 30.3 Å². The third-order valence-corrected chi connectivity index (χ3v) is 2.40. The molecule has 4 nitrogen and oxygen atoms in total. The smallest absolute Gasteiger partial charge is 0.131 e. The lowest BCUT2D eigenvalue weighted by Gasteiger charge is -2.02. The van der Waals surface area contributed by atoms with Gasteiger partial charge in [-0.3, -0.25) is 0 Å². The van der Waals surface area contributed by atoms with Crippen LogP contribution in [0.15, 0.2) is 73.4 Å². The number of pyridine rings is 1. The zero-order valence-electron chi connectivity index (χ0n) is 10.3. The highest BCUT2D eigenvalue weighted by Crippen LogP contribution is 2.22. The van der Waals surface area contributed by atoms with Crippen molar-refractivity contribution < 1.29 is 0 Å². The number of aromatic nitrogens is 3. The van der Waals surface area contributed by atoms with Crippen LogP contribution in [0.25, 0.3) is 11.1 Å². The van der Waals surface area contributed by atoms with Crippen molar-refractivity contribution in [1.82, 2.24) is 15.0 Å². The van der Waals surface area contributed by atoms with Gasteiger partial charge in [-0.15, -0.1) is 0 Å². The van der Waals surface area contributed by atoms with Crippen LogP contribution in [0.1, 0.15) is 0 Å². The van der Waals surface area contributed by atoms with Gasteiger partial charge < -0.3 is 5.73 Å². The van der Waals surface area contributed by atoms with Crippen LogP contribution in [0.3, 0.4) is 0 Å². The number of nitrogens with zero attached hydrogens (tertiary/aromatic N) is 3. The summed E-state index contributed by atoms with van der Waals surface area (Å²) in [5.41, 5.74) is 7.84. The average Bonchev–Trinajstić information content (AvgIpc) is 2.51. The molecule has 1 aromatic carbocycles. The van der Waals surface area contributed by atoms with Crippen molar-refractivity contribution in [3.8, 4) is 11.1 Å². The van der Waals surface area contributed by atoms with Gasteiger partial charge in [0.1, 0.15) is 12.1 Å². The molecule has 0 aliphatic rings. The van der Waals surface area contributed by atoms with Crippen LogP contribution < -0.4 is 5.73 Å². The molecule has 2 heterocycles. The molecular weight excluding hydrogens is 236 g/mol. The van der Waals surface area contributed by atoms with Gasteiger partial charge in [0, 0.05) is 24.2 Å². The van der Waals surface area contributed by atoms with Gasteiger partial charge in [0.05, 0.1) is 0 Å². The predicted molar refractivity (Wildman–Crippen MR) is 76.1 cm³/mol. The molecule has 0 amide bonds. The van der Waals surface area contributed by atoms with Crippen molar-refractivity contribution in [2.45, 2.75) is 0 Å². The molecule has 0 aliphatic carbocycles. The molecule has 0 radical (unpaired) electrons. The molecule has 2 aromatic heterocycles. The van der Waals surface area contributed by atoms with Crippen molar-refractivity contribution in [3.63, 3.8) is 0 Å². The van der Waals surface area contributed by atoms with Crippen LogP contribution in [0.2, 0.25) is 0 Å². The summed E-state index contributed by atoms with van der Waals surface area (Å²) in [6.45, 7) is 0. The highest BCUT2D eigenvalue weighted by Gasteiger charge is 1.99. The first-order valence-corrected chi connectivity index (χ1v) is 5.84. The summed E-state index contributed by atoms with van der Waals surface area (Å²) in [5, 5.41) is 0. The maximum Gasteiger partial charge on any atom is 0.131 e. The Morgan fingerprint density at radius 1 is 0.737 bits per heavy atom. The first-order chi connectivity index (χ1) is 9.38. The molecule has 19 heavy (non-hydrogen) atoms. The molecule has 0 spiro atoms. The van der Waals surface area contributed by atoms with Crippen molar-refractivity contribution in [2.75, 3.05) is 5.73 Å². The molecule has 0 atom stereocenters. The minimum Gasteiger partial charge on any atom is -0.383 e. The minimum absolute atomic E-state index is 0.578. The molecule has 0 fully saturated rings. The van der Waals surface area contributed by atoms with E-state index in [-0.39, 0.29) is 0 Å². The van der Waals surface area contributed by atoms with E-state index in [9.17, 15) is 0 Å². The zero-order valence-corrected chi connectivity index (χ0v) is 10.3. The second-order valence-electron chi connectivity index (χ2n) is 3.71. The van der Waals surface area contributed by atoms with Crippen molar-refractivity contribution in [1.29, 1.82) is 0 Å². The number of nitrogen functional groups attached to an aromatic ring is 1. The van der Waals surface area contributed by atoms with E-state index in [4.69, 9.17) is 5.73 Å². The molecule has 0 saturated heterocycles. The van der Waals surface area contributed by atoms with Crippen LogP contribution in [-0.4, -0.2) is 15.0 Å². The summed E-state index contributed by atoms with van der Waals surface area (Å²) >= 11 is 0. The number of hydrogen-bond acceptors (Lipinski definition) is 4. The summed E-state index contributed by atoms with van der Waals surface area (Å²) < 4.78 is 0. The van der Waals surface area contributed by atoms with Crippen LogP contribution in [0.4, 0.5) is 5.82 Å². The highest BCUT2D eigenvalue weighted by atomic mass is 14.8. The zero-order chi connectivity index (χ0) is 13.3. The Kier molecular flexibility index (Phi) is 4.58. The fraction of sp³-hybridized carbons (Fsp3) is 0. The Bertz CT molecular complexity index is 570. The molecule has 3 aromatic rings. The fourth-order valence-corrected chi connectivity index (χ4v) is 1.53. The van der Waals surface area contributed by atoms with Crippen LogP contribution >= 0.6 is 0 Å². The van der Waals surface area contributed by atoms with Gasteiger partial charge in [-0.2, -0.15) is 0 Å². The molecule has 4 heteroatoms. The Morgan fingerprint density at radius 3 is 2.00 bits per heavy atom. The lowest BCUT2D eigenvalue weighted by Crippen LogP contribution is -1.92. The van der Waals surface area contributed by atoms with E-state index in [0.29, 0.717) is 5.82 Å². The van der Waals surface area contributed by atoms with Gasteiger partial charge in [-0.05, 0) is 23.8 Å².